The second-order valence-electron chi connectivity index (χ2n) is 6.37. The normalized spacial score (nSPS) is 11.2. The lowest BCUT2D eigenvalue weighted by Gasteiger charge is -2.14. The van der Waals surface area contributed by atoms with Crippen molar-refractivity contribution in [2.75, 3.05) is 22.1 Å². The van der Waals surface area contributed by atoms with E-state index in [1.54, 1.807) is 0 Å². The first-order valence-corrected chi connectivity index (χ1v) is 9.01. The minimum atomic E-state index is -1.31. The Bertz CT molecular complexity index is 1080. The van der Waals surface area contributed by atoms with Crippen molar-refractivity contribution in [1.29, 1.82) is 0 Å². The Kier molecular flexibility index (Phi) is 7.65. The maximum Gasteiger partial charge on any atom is 0.326 e. The van der Waals surface area contributed by atoms with E-state index in [2.05, 4.69) is 30.9 Å². The maximum absolute atomic E-state index is 12.2. The van der Waals surface area contributed by atoms with Crippen LogP contribution in [0.3, 0.4) is 0 Å². The molecule has 0 aliphatic rings. The number of aliphatic carboxylic acids is 2. The molecule has 0 saturated carbocycles. The highest BCUT2D eigenvalue weighted by Gasteiger charge is 2.21. The number of rotatable bonds is 9. The smallest absolute Gasteiger partial charge is 0.326 e. The van der Waals surface area contributed by atoms with Gasteiger partial charge in [0.05, 0.1) is 11.9 Å². The van der Waals surface area contributed by atoms with Gasteiger partial charge in [0.1, 0.15) is 11.7 Å². The first-order valence-electron chi connectivity index (χ1n) is 9.01. The third kappa shape index (κ3) is 6.68. The van der Waals surface area contributed by atoms with Crippen LogP contribution in [0.1, 0.15) is 29.8 Å². The molecule has 0 aromatic carbocycles. The van der Waals surface area contributed by atoms with Gasteiger partial charge in [0, 0.05) is 6.42 Å². The number of urea groups is 1. The van der Waals surface area contributed by atoms with Crippen LogP contribution in [0, 0.1) is 0 Å². The van der Waals surface area contributed by atoms with Crippen molar-refractivity contribution in [3.05, 3.63) is 34.4 Å². The summed E-state index contributed by atoms with van der Waals surface area (Å²) in [6, 6.07) is 0.408. The van der Waals surface area contributed by atoms with Gasteiger partial charge in [-0.3, -0.25) is 24.7 Å². The van der Waals surface area contributed by atoms with Crippen LogP contribution in [0.25, 0.3) is 0 Å². The van der Waals surface area contributed by atoms with Crippen LogP contribution in [0.4, 0.5) is 27.9 Å². The van der Waals surface area contributed by atoms with Gasteiger partial charge in [-0.25, -0.2) is 14.6 Å². The summed E-state index contributed by atoms with van der Waals surface area (Å²) in [4.78, 5) is 67.5. The molecule has 32 heavy (non-hydrogen) atoms. The van der Waals surface area contributed by atoms with Crippen LogP contribution in [0.2, 0.25) is 0 Å². The van der Waals surface area contributed by atoms with Crippen LogP contribution >= 0.6 is 0 Å². The van der Waals surface area contributed by atoms with Gasteiger partial charge >= 0.3 is 18.0 Å². The van der Waals surface area contributed by atoms with Gasteiger partial charge < -0.3 is 32.3 Å². The number of aromatic amines is 1. The number of nitrogens with two attached hydrogens (primary N) is 2. The maximum atomic E-state index is 12.2. The zero-order chi connectivity index (χ0) is 23.8. The number of carbonyl (C=O) groups is 4. The predicted molar refractivity (Wildman–Crippen MR) is 111 cm³/mol. The van der Waals surface area contributed by atoms with Gasteiger partial charge in [-0.15, -0.1) is 0 Å². The van der Waals surface area contributed by atoms with Gasteiger partial charge in [0.15, 0.2) is 11.5 Å². The van der Waals surface area contributed by atoms with Gasteiger partial charge in [-0.2, -0.15) is 4.98 Å². The Morgan fingerprint density at radius 1 is 1.12 bits per heavy atom. The third-order valence-corrected chi connectivity index (χ3v) is 3.95. The van der Waals surface area contributed by atoms with Crippen LogP contribution in [-0.4, -0.2) is 55.1 Å². The molecule has 0 aliphatic carbocycles. The molecule has 15 nitrogen and oxygen atoms in total. The number of pyridine rings is 1. The molecule has 0 fully saturated rings. The number of carboxylic acid groups (broad SMARTS) is 2. The summed E-state index contributed by atoms with van der Waals surface area (Å²) in [5.41, 5.74) is 9.81. The molecule has 2 aromatic heterocycles. The molecule has 2 rings (SSSR count). The van der Waals surface area contributed by atoms with Gasteiger partial charge in [0.25, 0.3) is 11.5 Å². The Labute approximate surface area is 179 Å². The molecular formula is C17H20N8O7. The molecule has 0 spiro atoms. The van der Waals surface area contributed by atoms with Crippen molar-refractivity contribution >= 4 is 47.0 Å². The van der Waals surface area contributed by atoms with Gasteiger partial charge in [-0.1, -0.05) is 0 Å². The molecule has 0 saturated heterocycles. The first kappa shape index (κ1) is 23.6. The van der Waals surface area contributed by atoms with Gasteiger partial charge in [0.2, 0.25) is 5.95 Å². The van der Waals surface area contributed by atoms with Crippen LogP contribution in [-0.2, 0) is 9.59 Å². The average molecular weight is 448 g/mol. The Morgan fingerprint density at radius 3 is 2.41 bits per heavy atom. The second-order valence-corrected chi connectivity index (χ2v) is 6.37. The number of carbonyl (C=O) groups excluding carboxylic acids is 2. The van der Waals surface area contributed by atoms with E-state index >= 15 is 0 Å². The van der Waals surface area contributed by atoms with Crippen molar-refractivity contribution in [2.24, 2.45) is 0 Å². The minimum absolute atomic E-state index is 0.0643. The molecule has 2 heterocycles. The Balaban J connectivity index is 1.97. The molecule has 10 N–H and O–H groups in total. The van der Waals surface area contributed by atoms with Crippen LogP contribution in [0.15, 0.2) is 23.1 Å². The molecule has 0 bridgehead atoms. The lowest BCUT2D eigenvalue weighted by molar-refractivity contribution is -0.140. The highest BCUT2D eigenvalue weighted by atomic mass is 16.4. The summed E-state index contributed by atoms with van der Waals surface area (Å²) in [7, 11) is 0. The summed E-state index contributed by atoms with van der Waals surface area (Å²) in [5.74, 6) is -3.69. The van der Waals surface area contributed by atoms with E-state index in [0.717, 1.165) is 6.20 Å². The standard InChI is InChI=1S/C17H20N8O7/c18-12-11(14(29)25-16(19)24-12)23-17(32)21-7-4-5-8(20-6-7)13(28)22-9(15(30)31)2-1-3-10(26)27/h4-6,9H,1-3H2,(H,22,28)(H,26,27)(H,30,31)(H2,21,23,32)(H5,18,19,24,25,29)/t9-/m0/s1. The lowest BCUT2D eigenvalue weighted by atomic mass is 10.1. The van der Waals surface area contributed by atoms with E-state index in [4.69, 9.17) is 16.6 Å². The van der Waals surface area contributed by atoms with Crippen molar-refractivity contribution in [3.63, 3.8) is 0 Å². The van der Waals surface area contributed by atoms with E-state index < -0.39 is 35.5 Å². The van der Waals surface area contributed by atoms with E-state index in [1.807, 2.05) is 0 Å². The number of amides is 3. The van der Waals surface area contributed by atoms with E-state index in [9.17, 15) is 29.1 Å². The minimum Gasteiger partial charge on any atom is -0.481 e. The summed E-state index contributed by atoms with van der Waals surface area (Å²) < 4.78 is 0. The van der Waals surface area contributed by atoms with Crippen LogP contribution in [0.5, 0.6) is 0 Å². The number of hydrogen-bond acceptors (Lipinski definition) is 9. The third-order valence-electron chi connectivity index (χ3n) is 3.95. The topological polar surface area (TPSA) is 256 Å². The highest BCUT2D eigenvalue weighted by molar-refractivity contribution is 6.01. The number of aromatic nitrogens is 3. The quantitative estimate of drug-likeness (QED) is 0.240. The fourth-order valence-electron chi connectivity index (χ4n) is 2.45. The Morgan fingerprint density at radius 2 is 1.84 bits per heavy atom. The van der Waals surface area contributed by atoms with Crippen molar-refractivity contribution in [3.8, 4) is 0 Å². The number of nitrogens with one attached hydrogen (secondary N) is 4. The molecule has 0 unspecified atom stereocenters. The molecule has 2 aromatic rings. The van der Waals surface area contributed by atoms with E-state index in [1.165, 1.54) is 12.1 Å². The Hall–Kier alpha value is -4.69. The van der Waals surface area contributed by atoms with Crippen molar-refractivity contribution < 1.29 is 29.4 Å². The fraction of sp³-hybridized carbons (Fsp3) is 0.235. The summed E-state index contributed by atoms with van der Waals surface area (Å²) in [6.45, 7) is 0. The zero-order valence-electron chi connectivity index (χ0n) is 16.4. The zero-order valence-corrected chi connectivity index (χ0v) is 16.4. The van der Waals surface area contributed by atoms with Crippen molar-refractivity contribution in [1.82, 2.24) is 20.3 Å². The van der Waals surface area contributed by atoms with Gasteiger partial charge in [-0.05, 0) is 25.0 Å². The number of hydrogen-bond donors (Lipinski definition) is 8. The SMILES string of the molecule is Nc1nc(N)c(NC(=O)Nc2ccc(C(=O)N[C@@H](CCCC(=O)O)C(=O)O)nc2)c(=O)[nH]1. The number of carboxylic acids is 2. The first-order chi connectivity index (χ1) is 15.1. The monoisotopic (exact) mass is 448 g/mol. The molecule has 3 amide bonds. The van der Waals surface area contributed by atoms with E-state index in [0.29, 0.717) is 0 Å². The average Bonchev–Trinajstić information content (AvgIpc) is 2.70. The second kappa shape index (κ2) is 10.4. The molecular weight excluding hydrogens is 428 g/mol. The highest BCUT2D eigenvalue weighted by Crippen LogP contribution is 2.12. The fourth-order valence-corrected chi connectivity index (χ4v) is 2.45. The van der Waals surface area contributed by atoms with E-state index in [-0.39, 0.29) is 48.1 Å². The predicted octanol–water partition coefficient (Wildman–Crippen LogP) is -0.589. The molecule has 170 valence electrons. The lowest BCUT2D eigenvalue weighted by Crippen LogP contribution is -2.41. The molecule has 15 heteroatoms. The number of nitrogen functional groups attached to an aromatic ring is 2. The molecule has 0 aliphatic heterocycles. The molecule has 1 atom stereocenters. The number of nitrogens with zero attached hydrogens (tertiary/aromatic N) is 2. The summed E-state index contributed by atoms with van der Waals surface area (Å²) >= 11 is 0. The molecule has 0 radical (unpaired) electrons. The van der Waals surface area contributed by atoms with Crippen molar-refractivity contribution in [2.45, 2.75) is 25.3 Å². The largest absolute Gasteiger partial charge is 0.481 e. The summed E-state index contributed by atoms with van der Waals surface area (Å²) in [5, 5.41) is 24.6. The number of H-pyrrole nitrogens is 1. The summed E-state index contributed by atoms with van der Waals surface area (Å²) in [6.07, 6.45) is 0.887. The number of anilines is 4. The van der Waals surface area contributed by atoms with Crippen LogP contribution < -0.4 is 33.0 Å².